The number of nitrogens with zero attached hydrogens (tertiary/aromatic N) is 3. The van der Waals surface area contributed by atoms with Crippen LogP contribution in [-0.4, -0.2) is 32.6 Å². The molecule has 1 aromatic carbocycles. The van der Waals surface area contributed by atoms with Crippen LogP contribution in [0.15, 0.2) is 24.5 Å². The highest BCUT2D eigenvalue weighted by Gasteiger charge is 2.15. The van der Waals surface area contributed by atoms with Gasteiger partial charge in [0.25, 0.3) is 0 Å². The zero-order valence-corrected chi connectivity index (χ0v) is 9.94. The van der Waals surface area contributed by atoms with Crippen LogP contribution in [0.4, 0.5) is 0 Å². The molecule has 0 radical (unpaired) electrons. The average molecular weight is 261 g/mol. The maximum absolute atomic E-state index is 10.5. The van der Waals surface area contributed by atoms with E-state index >= 15 is 0 Å². The van der Waals surface area contributed by atoms with Crippen molar-refractivity contribution in [2.24, 2.45) is 0 Å². The molecule has 19 heavy (non-hydrogen) atoms. The summed E-state index contributed by atoms with van der Waals surface area (Å²) in [6.07, 6.45) is 1.53. The van der Waals surface area contributed by atoms with E-state index in [-0.39, 0.29) is 13.2 Å². The Hall–Kier alpha value is -2.57. The van der Waals surface area contributed by atoms with Crippen LogP contribution >= 0.6 is 0 Å². The van der Waals surface area contributed by atoms with Crippen LogP contribution in [0.3, 0.4) is 0 Å². The molecule has 0 bridgehead atoms. The molecule has 0 spiro atoms. The molecule has 98 valence electrons. The summed E-state index contributed by atoms with van der Waals surface area (Å²) in [6, 6.07) is 5.44. The van der Waals surface area contributed by atoms with Crippen molar-refractivity contribution in [1.82, 2.24) is 14.8 Å². The maximum atomic E-state index is 10.5. The molecule has 0 saturated heterocycles. The van der Waals surface area contributed by atoms with Gasteiger partial charge in [0.05, 0.1) is 13.0 Å². The minimum absolute atomic E-state index is 0.0178. The van der Waals surface area contributed by atoms with Gasteiger partial charge in [-0.1, -0.05) is 0 Å². The zero-order valence-electron chi connectivity index (χ0n) is 9.94. The lowest BCUT2D eigenvalue weighted by atomic mass is 10.2. The largest absolute Gasteiger partial charge is 0.481 e. The number of aryl methyl sites for hydroxylation is 1. The van der Waals surface area contributed by atoms with E-state index in [9.17, 15) is 4.79 Å². The molecule has 1 aliphatic rings. The first-order valence-electron chi connectivity index (χ1n) is 5.73. The third-order valence-electron chi connectivity index (χ3n) is 2.72. The Bertz CT molecular complexity index is 623. The number of rotatable bonds is 4. The van der Waals surface area contributed by atoms with Crippen molar-refractivity contribution < 1.29 is 19.4 Å². The predicted molar refractivity (Wildman–Crippen MR) is 63.8 cm³/mol. The fourth-order valence-corrected chi connectivity index (χ4v) is 1.78. The van der Waals surface area contributed by atoms with Crippen molar-refractivity contribution >= 4 is 5.97 Å². The molecule has 1 N–H and O–H groups in total. The first-order chi connectivity index (χ1) is 9.22. The SMILES string of the molecule is O=C(O)CCn1cnc(-c2ccc3c(c2)OCO3)n1. The molecule has 0 aliphatic carbocycles. The van der Waals surface area contributed by atoms with Crippen molar-refractivity contribution in [3.8, 4) is 22.9 Å². The second-order valence-electron chi connectivity index (χ2n) is 4.04. The Morgan fingerprint density at radius 2 is 2.21 bits per heavy atom. The van der Waals surface area contributed by atoms with Crippen LogP contribution < -0.4 is 9.47 Å². The normalized spacial score (nSPS) is 12.6. The minimum Gasteiger partial charge on any atom is -0.481 e. The van der Waals surface area contributed by atoms with Gasteiger partial charge in [0.1, 0.15) is 6.33 Å². The summed E-state index contributed by atoms with van der Waals surface area (Å²) in [5.41, 5.74) is 0.804. The van der Waals surface area contributed by atoms with Crippen LogP contribution in [0.5, 0.6) is 11.5 Å². The second kappa shape index (κ2) is 4.60. The maximum Gasteiger partial charge on any atom is 0.305 e. The number of hydrogen-bond donors (Lipinski definition) is 1. The van der Waals surface area contributed by atoms with E-state index in [0.717, 1.165) is 5.56 Å². The third kappa shape index (κ3) is 2.35. The van der Waals surface area contributed by atoms with Crippen molar-refractivity contribution in [1.29, 1.82) is 0 Å². The molecule has 0 saturated carbocycles. The molecule has 0 unspecified atom stereocenters. The molecule has 0 atom stereocenters. The number of aromatic nitrogens is 3. The molecule has 2 heterocycles. The summed E-state index contributed by atoms with van der Waals surface area (Å²) in [5.74, 6) is 1.04. The molecule has 2 aromatic rings. The van der Waals surface area contributed by atoms with Gasteiger partial charge < -0.3 is 14.6 Å². The van der Waals surface area contributed by atoms with E-state index in [1.165, 1.54) is 11.0 Å². The summed E-state index contributed by atoms with van der Waals surface area (Å²) >= 11 is 0. The standard InChI is InChI=1S/C12H11N3O4/c16-11(17)3-4-15-6-13-12(14-15)8-1-2-9-10(5-8)19-7-18-9/h1-2,5-6H,3-4,7H2,(H,16,17). The van der Waals surface area contributed by atoms with Gasteiger partial charge in [-0.2, -0.15) is 5.10 Å². The Morgan fingerprint density at radius 3 is 3.05 bits per heavy atom. The van der Waals surface area contributed by atoms with Gasteiger partial charge in [-0.25, -0.2) is 4.98 Å². The van der Waals surface area contributed by atoms with Crippen molar-refractivity contribution in [3.05, 3.63) is 24.5 Å². The lowest BCUT2D eigenvalue weighted by Crippen LogP contribution is -2.04. The first kappa shape index (κ1) is 11.5. The van der Waals surface area contributed by atoms with Gasteiger partial charge in [-0.3, -0.25) is 9.48 Å². The predicted octanol–water partition coefficient (Wildman–Crippen LogP) is 1.15. The molecule has 1 aromatic heterocycles. The highest BCUT2D eigenvalue weighted by molar-refractivity contribution is 5.66. The van der Waals surface area contributed by atoms with E-state index in [2.05, 4.69) is 10.1 Å². The third-order valence-corrected chi connectivity index (χ3v) is 2.72. The van der Waals surface area contributed by atoms with Gasteiger partial charge >= 0.3 is 5.97 Å². The van der Waals surface area contributed by atoms with Gasteiger partial charge in [0, 0.05) is 5.56 Å². The molecule has 0 fully saturated rings. The number of aliphatic carboxylic acids is 1. The van der Waals surface area contributed by atoms with Gasteiger partial charge in [0.2, 0.25) is 6.79 Å². The molecule has 7 nitrogen and oxygen atoms in total. The summed E-state index contributed by atoms with van der Waals surface area (Å²) in [5, 5.41) is 12.8. The Kier molecular flexibility index (Phi) is 2.79. The van der Waals surface area contributed by atoms with Crippen LogP contribution in [0.2, 0.25) is 0 Å². The number of carboxylic acids is 1. The average Bonchev–Trinajstić information content (AvgIpc) is 3.04. The topological polar surface area (TPSA) is 86.5 Å². The number of hydrogen-bond acceptors (Lipinski definition) is 5. The number of ether oxygens (including phenoxy) is 2. The highest BCUT2D eigenvalue weighted by Crippen LogP contribution is 2.34. The summed E-state index contributed by atoms with van der Waals surface area (Å²) < 4.78 is 12.0. The molecular formula is C12H11N3O4. The van der Waals surface area contributed by atoms with Crippen LogP contribution in [0, 0.1) is 0 Å². The lowest BCUT2D eigenvalue weighted by Gasteiger charge is -1.99. The van der Waals surface area contributed by atoms with E-state index < -0.39 is 5.97 Å². The molecule has 3 rings (SSSR count). The Morgan fingerprint density at radius 1 is 1.37 bits per heavy atom. The van der Waals surface area contributed by atoms with Gasteiger partial charge in [-0.05, 0) is 18.2 Å². The number of carboxylic acid groups (broad SMARTS) is 1. The summed E-state index contributed by atoms with van der Waals surface area (Å²) in [4.78, 5) is 14.6. The monoisotopic (exact) mass is 261 g/mol. The fraction of sp³-hybridized carbons (Fsp3) is 0.250. The minimum atomic E-state index is -0.861. The summed E-state index contributed by atoms with van der Waals surface area (Å²) in [6.45, 7) is 0.520. The number of fused-ring (bicyclic) bond motifs is 1. The quantitative estimate of drug-likeness (QED) is 0.888. The lowest BCUT2D eigenvalue weighted by molar-refractivity contribution is -0.137. The molecule has 0 amide bonds. The number of benzene rings is 1. The van der Waals surface area contributed by atoms with E-state index in [1.54, 1.807) is 12.1 Å². The van der Waals surface area contributed by atoms with Crippen molar-refractivity contribution in [2.75, 3.05) is 6.79 Å². The Labute approximate surface area is 108 Å². The first-order valence-corrected chi connectivity index (χ1v) is 5.73. The highest BCUT2D eigenvalue weighted by atomic mass is 16.7. The zero-order chi connectivity index (χ0) is 13.2. The van der Waals surface area contributed by atoms with Crippen molar-refractivity contribution in [3.63, 3.8) is 0 Å². The van der Waals surface area contributed by atoms with E-state index in [0.29, 0.717) is 23.9 Å². The van der Waals surface area contributed by atoms with E-state index in [1.807, 2.05) is 6.07 Å². The Balaban J connectivity index is 1.80. The van der Waals surface area contributed by atoms with E-state index in [4.69, 9.17) is 14.6 Å². The van der Waals surface area contributed by atoms with Crippen LogP contribution in [0.1, 0.15) is 6.42 Å². The van der Waals surface area contributed by atoms with Gasteiger partial charge in [-0.15, -0.1) is 0 Å². The number of carbonyl (C=O) groups is 1. The second-order valence-corrected chi connectivity index (χ2v) is 4.04. The van der Waals surface area contributed by atoms with Gasteiger partial charge in [0.15, 0.2) is 17.3 Å². The molecular weight excluding hydrogens is 250 g/mol. The summed E-state index contributed by atoms with van der Waals surface area (Å²) in [7, 11) is 0. The van der Waals surface area contributed by atoms with Crippen LogP contribution in [-0.2, 0) is 11.3 Å². The molecule has 1 aliphatic heterocycles. The van der Waals surface area contributed by atoms with Crippen molar-refractivity contribution in [2.45, 2.75) is 13.0 Å². The smallest absolute Gasteiger partial charge is 0.305 e. The molecule has 7 heteroatoms. The van der Waals surface area contributed by atoms with Crippen LogP contribution in [0.25, 0.3) is 11.4 Å². The fourth-order valence-electron chi connectivity index (χ4n) is 1.78.